The van der Waals surface area contributed by atoms with Gasteiger partial charge in [-0.3, -0.25) is 9.59 Å². The molecule has 3 atom stereocenters. The Hall–Kier alpha value is -1.99. The first-order chi connectivity index (χ1) is 11.1. The molecule has 3 N–H and O–H groups in total. The van der Waals surface area contributed by atoms with Crippen molar-refractivity contribution in [1.29, 1.82) is 0 Å². The lowest BCUT2D eigenvalue weighted by Crippen LogP contribution is -2.43. The average Bonchev–Trinajstić information content (AvgIpc) is 3.22. The van der Waals surface area contributed by atoms with Gasteiger partial charge in [0.2, 0.25) is 5.91 Å². The van der Waals surface area contributed by atoms with Gasteiger partial charge in [-0.05, 0) is 25.3 Å². The number of nitrogens with zero attached hydrogens (tertiary/aromatic N) is 1. The Morgan fingerprint density at radius 1 is 1.39 bits per heavy atom. The third-order valence-corrected chi connectivity index (χ3v) is 5.55. The maximum absolute atomic E-state index is 12.5. The molecule has 7 heteroatoms. The molecule has 2 aromatic heterocycles. The fourth-order valence-electron chi connectivity index (χ4n) is 3.57. The van der Waals surface area contributed by atoms with Gasteiger partial charge in [-0.1, -0.05) is 0 Å². The molecule has 0 aliphatic carbocycles. The predicted molar refractivity (Wildman–Crippen MR) is 89.7 cm³/mol. The van der Waals surface area contributed by atoms with Gasteiger partial charge < -0.3 is 16.0 Å². The number of fused-ring (bicyclic) bond motifs is 3. The molecule has 0 unspecified atom stereocenters. The van der Waals surface area contributed by atoms with Crippen molar-refractivity contribution in [3.05, 3.63) is 23.3 Å². The van der Waals surface area contributed by atoms with E-state index in [1.54, 1.807) is 12.3 Å². The number of pyridine rings is 1. The maximum Gasteiger partial charge on any atom is 0.270 e. The second kappa shape index (κ2) is 5.58. The molecule has 120 valence electrons. The summed E-state index contributed by atoms with van der Waals surface area (Å²) in [6.45, 7) is 1.47. The molecule has 0 aromatic carbocycles. The summed E-state index contributed by atoms with van der Waals surface area (Å²) in [5, 5.41) is 12.1. The van der Waals surface area contributed by atoms with E-state index in [1.807, 2.05) is 5.38 Å². The fraction of sp³-hybridized carbons (Fsp3) is 0.438. The van der Waals surface area contributed by atoms with E-state index in [4.69, 9.17) is 0 Å². The molecule has 0 saturated carbocycles. The van der Waals surface area contributed by atoms with Crippen molar-refractivity contribution >= 4 is 38.9 Å². The molecule has 6 nitrogen and oxygen atoms in total. The Morgan fingerprint density at radius 3 is 2.96 bits per heavy atom. The predicted octanol–water partition coefficient (Wildman–Crippen LogP) is 1.88. The Balaban J connectivity index is 1.55. The molecule has 2 fully saturated rings. The van der Waals surface area contributed by atoms with Gasteiger partial charge >= 0.3 is 0 Å². The summed E-state index contributed by atoms with van der Waals surface area (Å²) in [6.07, 6.45) is 5.02. The largest absolute Gasteiger partial charge is 0.346 e. The Bertz CT molecular complexity index is 787. The van der Waals surface area contributed by atoms with Crippen LogP contribution in [0, 0.1) is 0 Å². The topological polar surface area (TPSA) is 83.1 Å². The van der Waals surface area contributed by atoms with Crippen LogP contribution in [-0.2, 0) is 4.79 Å². The van der Waals surface area contributed by atoms with E-state index in [-0.39, 0.29) is 17.9 Å². The first-order valence-corrected chi connectivity index (χ1v) is 8.70. The van der Waals surface area contributed by atoms with Crippen LogP contribution in [0.3, 0.4) is 0 Å². The van der Waals surface area contributed by atoms with Crippen LogP contribution in [0.15, 0.2) is 17.6 Å². The van der Waals surface area contributed by atoms with E-state index in [0.717, 1.165) is 28.6 Å². The van der Waals surface area contributed by atoms with E-state index < -0.39 is 0 Å². The van der Waals surface area contributed by atoms with Gasteiger partial charge in [0.1, 0.15) is 5.69 Å². The molecule has 0 spiro atoms. The summed E-state index contributed by atoms with van der Waals surface area (Å²) in [5.74, 6) is -0.271. The maximum atomic E-state index is 12.5. The van der Waals surface area contributed by atoms with Gasteiger partial charge in [-0.15, -0.1) is 11.3 Å². The number of anilines is 1. The standard InChI is InChI=1S/C16H18N4O2S/c1-8(21)18-14-7-23-15-6-17-13(5-10(14)15)16(22)20-12-4-9-2-3-11(12)19-9/h5-7,9,11-12,19H,2-4H2,1H3,(H,18,21)(H,20,22)/t9-,11+,12-/m1/s1. The number of carbonyl (C=O) groups excluding carboxylic acids is 2. The summed E-state index contributed by atoms with van der Waals surface area (Å²) in [6, 6.07) is 2.89. The zero-order valence-electron chi connectivity index (χ0n) is 12.8. The molecule has 4 rings (SSSR count). The number of carbonyl (C=O) groups is 2. The smallest absolute Gasteiger partial charge is 0.270 e. The quantitative estimate of drug-likeness (QED) is 0.802. The Morgan fingerprint density at radius 2 is 2.26 bits per heavy atom. The van der Waals surface area contributed by atoms with Crippen LogP contribution >= 0.6 is 11.3 Å². The van der Waals surface area contributed by atoms with E-state index in [0.29, 0.717) is 17.8 Å². The summed E-state index contributed by atoms with van der Waals surface area (Å²) in [7, 11) is 0. The number of amides is 2. The number of aromatic nitrogens is 1. The highest BCUT2D eigenvalue weighted by Gasteiger charge is 2.39. The number of rotatable bonds is 3. The van der Waals surface area contributed by atoms with E-state index in [2.05, 4.69) is 20.9 Å². The highest BCUT2D eigenvalue weighted by molar-refractivity contribution is 7.17. The third-order valence-electron chi connectivity index (χ3n) is 4.62. The molecule has 2 aliphatic rings. The molecule has 23 heavy (non-hydrogen) atoms. The van der Waals surface area contributed by atoms with Crippen molar-refractivity contribution in [2.45, 2.75) is 44.3 Å². The van der Waals surface area contributed by atoms with Gasteiger partial charge in [0, 0.05) is 42.0 Å². The summed E-state index contributed by atoms with van der Waals surface area (Å²) >= 11 is 1.50. The summed E-state index contributed by atoms with van der Waals surface area (Å²) < 4.78 is 0.951. The highest BCUT2D eigenvalue weighted by atomic mass is 32.1. The average molecular weight is 330 g/mol. The second-order valence-electron chi connectivity index (χ2n) is 6.26. The number of nitrogens with one attached hydrogen (secondary N) is 3. The van der Waals surface area contributed by atoms with Gasteiger partial charge in [-0.25, -0.2) is 4.98 Å². The normalized spacial score (nSPS) is 25.7. The highest BCUT2D eigenvalue weighted by Crippen LogP contribution is 2.31. The molecule has 2 bridgehead atoms. The van der Waals surface area contributed by atoms with E-state index >= 15 is 0 Å². The SMILES string of the molecule is CC(=O)Nc1csc2cnc(C(=O)N[C@@H]3C[C@H]4CC[C@@H]3N4)cc12. The third kappa shape index (κ3) is 2.70. The molecule has 0 radical (unpaired) electrons. The van der Waals surface area contributed by atoms with Crippen LogP contribution in [0.2, 0.25) is 0 Å². The monoisotopic (exact) mass is 330 g/mol. The summed E-state index contributed by atoms with van der Waals surface area (Å²) in [5.41, 5.74) is 1.13. The van der Waals surface area contributed by atoms with Crippen molar-refractivity contribution in [3.63, 3.8) is 0 Å². The molecular weight excluding hydrogens is 312 g/mol. The number of thiophene rings is 1. The lowest BCUT2D eigenvalue weighted by atomic mass is 9.95. The van der Waals surface area contributed by atoms with Crippen molar-refractivity contribution in [2.24, 2.45) is 0 Å². The van der Waals surface area contributed by atoms with E-state index in [9.17, 15) is 9.59 Å². The molecule has 2 aliphatic heterocycles. The molecule has 2 amide bonds. The van der Waals surface area contributed by atoms with Crippen molar-refractivity contribution < 1.29 is 9.59 Å². The minimum Gasteiger partial charge on any atom is -0.346 e. The van der Waals surface area contributed by atoms with Crippen LogP contribution < -0.4 is 16.0 Å². The Kier molecular flexibility index (Phi) is 3.54. The van der Waals surface area contributed by atoms with Gasteiger partial charge in [0.25, 0.3) is 5.91 Å². The minimum atomic E-state index is -0.147. The van der Waals surface area contributed by atoms with Gasteiger partial charge in [-0.2, -0.15) is 0 Å². The first kappa shape index (κ1) is 14.6. The zero-order chi connectivity index (χ0) is 16.0. The van der Waals surface area contributed by atoms with Crippen LogP contribution in [0.1, 0.15) is 36.7 Å². The second-order valence-corrected chi connectivity index (χ2v) is 7.17. The summed E-state index contributed by atoms with van der Waals surface area (Å²) in [4.78, 5) is 28.0. The molecule has 2 aromatic rings. The first-order valence-electron chi connectivity index (χ1n) is 7.82. The van der Waals surface area contributed by atoms with Crippen LogP contribution in [0.4, 0.5) is 5.69 Å². The van der Waals surface area contributed by atoms with Gasteiger partial charge in [0.05, 0.1) is 10.4 Å². The lowest BCUT2D eigenvalue weighted by molar-refractivity contribution is -0.114. The Labute approximate surface area is 137 Å². The minimum absolute atomic E-state index is 0.124. The zero-order valence-corrected chi connectivity index (χ0v) is 13.6. The number of hydrogen-bond acceptors (Lipinski definition) is 5. The van der Waals surface area contributed by atoms with Gasteiger partial charge in [0.15, 0.2) is 0 Å². The van der Waals surface area contributed by atoms with Crippen LogP contribution in [0.25, 0.3) is 10.1 Å². The van der Waals surface area contributed by atoms with Crippen molar-refractivity contribution in [3.8, 4) is 0 Å². The van der Waals surface area contributed by atoms with Crippen LogP contribution in [0.5, 0.6) is 0 Å². The lowest BCUT2D eigenvalue weighted by Gasteiger charge is -2.21. The molecule has 4 heterocycles. The van der Waals surface area contributed by atoms with Crippen molar-refractivity contribution in [2.75, 3.05) is 5.32 Å². The molecule has 2 saturated heterocycles. The van der Waals surface area contributed by atoms with Crippen molar-refractivity contribution in [1.82, 2.24) is 15.6 Å². The van der Waals surface area contributed by atoms with E-state index in [1.165, 1.54) is 24.7 Å². The van der Waals surface area contributed by atoms with Crippen LogP contribution in [-0.4, -0.2) is 34.9 Å². The number of hydrogen-bond donors (Lipinski definition) is 3. The fourth-order valence-corrected chi connectivity index (χ4v) is 4.41. The molecular formula is C16H18N4O2S.